The molecule has 0 bridgehead atoms. The number of aryl methyl sites for hydroxylation is 1. The number of hydrogen-bond donors (Lipinski definition) is 0. The summed E-state index contributed by atoms with van der Waals surface area (Å²) in [6, 6.07) is 0. The van der Waals surface area contributed by atoms with E-state index in [4.69, 9.17) is 0 Å². The molecule has 0 N–H and O–H groups in total. The molecule has 4 nitrogen and oxygen atoms in total. The van der Waals surface area contributed by atoms with E-state index in [-0.39, 0.29) is 18.0 Å². The summed E-state index contributed by atoms with van der Waals surface area (Å²) >= 11 is 2.24. The second-order valence-corrected chi connectivity index (χ2v) is 4.68. The molecule has 0 amide bonds. The van der Waals surface area contributed by atoms with Crippen LogP contribution in [0.1, 0.15) is 11.4 Å². The van der Waals surface area contributed by atoms with Crippen LogP contribution in [0, 0.1) is 6.92 Å². The van der Waals surface area contributed by atoms with Crippen LogP contribution in [-0.2, 0) is 6.18 Å². The van der Waals surface area contributed by atoms with E-state index in [9.17, 15) is 21.9 Å². The molecule has 0 fully saturated rings. The van der Waals surface area contributed by atoms with Gasteiger partial charge in [-0.1, -0.05) is 0 Å². The molecule has 0 aromatic carbocycles. The zero-order valence-corrected chi connectivity index (χ0v) is 11.0. The number of rotatable bonds is 1. The lowest BCUT2D eigenvalue weighted by atomic mass is 10.4. The normalized spacial score (nSPS) is 12.3. The fraction of sp³-hybridized carbons (Fsp3) is 0.250. The van der Waals surface area contributed by atoms with Crippen LogP contribution in [0.3, 0.4) is 0 Å². The van der Waals surface area contributed by atoms with Crippen molar-refractivity contribution in [2.45, 2.75) is 13.1 Å². The first-order valence-corrected chi connectivity index (χ1v) is 5.90. The Hall–Kier alpha value is -1.03. The van der Waals surface area contributed by atoms with E-state index in [2.05, 4.69) is 20.9 Å². The van der Waals surface area contributed by atoms with Crippen LogP contribution in [-0.4, -0.2) is 13.4 Å². The van der Waals surface area contributed by atoms with Crippen molar-refractivity contribution in [2.24, 2.45) is 0 Å². The maximum atomic E-state index is 12.6. The minimum atomic E-state index is -4.79. The summed E-state index contributed by atoms with van der Waals surface area (Å²) < 4.78 is 51.5. The zero-order chi connectivity index (χ0) is 13.7. The molecule has 0 unspecified atom stereocenters. The number of alkyl halides is 3. The van der Waals surface area contributed by atoms with Gasteiger partial charge in [-0.3, -0.25) is 4.79 Å². The Labute approximate surface area is 110 Å². The molecule has 2 aromatic rings. The van der Waals surface area contributed by atoms with E-state index in [0.29, 0.717) is 0 Å². The Kier molecular flexibility index (Phi) is 3.18. The van der Waals surface area contributed by atoms with Gasteiger partial charge in [0, 0.05) is 11.9 Å². The smallest absolute Gasteiger partial charge is 0.268 e. The van der Waals surface area contributed by atoms with Gasteiger partial charge in [-0.05, 0) is 22.9 Å². The average molecular weight is 346 g/mol. The number of aromatic nitrogens is 3. The molecule has 2 rings (SSSR count). The fourth-order valence-electron chi connectivity index (χ4n) is 1.43. The fourth-order valence-corrected chi connectivity index (χ4v) is 2.28. The van der Waals surface area contributed by atoms with Gasteiger partial charge in [-0.2, -0.15) is 13.2 Å². The van der Waals surface area contributed by atoms with Gasteiger partial charge in [-0.25, -0.2) is 13.4 Å². The van der Waals surface area contributed by atoms with Gasteiger partial charge in [0.1, 0.15) is 4.47 Å². The Morgan fingerprint density at radius 3 is 2.56 bits per heavy atom. The van der Waals surface area contributed by atoms with Gasteiger partial charge in [0.2, 0.25) is 5.78 Å². The van der Waals surface area contributed by atoms with Crippen molar-refractivity contribution in [3.63, 3.8) is 0 Å². The van der Waals surface area contributed by atoms with Crippen LogP contribution in [0.25, 0.3) is 5.78 Å². The van der Waals surface area contributed by atoms with Crippen molar-refractivity contribution in [1.82, 2.24) is 13.4 Å². The SMILES string of the molecule is Cc1cn2c(=O)c(Br)c(C(F)(F)F)nc2n1SF. The van der Waals surface area contributed by atoms with Crippen molar-refractivity contribution in [2.75, 3.05) is 0 Å². The molecule has 0 atom stereocenters. The van der Waals surface area contributed by atoms with Crippen LogP contribution in [0.5, 0.6) is 0 Å². The second-order valence-electron chi connectivity index (χ2n) is 3.38. The Morgan fingerprint density at radius 2 is 2.06 bits per heavy atom. The quantitative estimate of drug-likeness (QED) is 0.746. The lowest BCUT2D eigenvalue weighted by molar-refractivity contribution is -0.141. The number of halogens is 5. The van der Waals surface area contributed by atoms with Crippen LogP contribution in [0.2, 0.25) is 0 Å². The largest absolute Gasteiger partial charge is 0.434 e. The van der Waals surface area contributed by atoms with Crippen molar-refractivity contribution in [3.8, 4) is 0 Å². The van der Waals surface area contributed by atoms with Crippen LogP contribution >= 0.6 is 28.3 Å². The highest BCUT2D eigenvalue weighted by molar-refractivity contribution is 9.10. The second kappa shape index (κ2) is 4.26. The highest BCUT2D eigenvalue weighted by atomic mass is 79.9. The Morgan fingerprint density at radius 1 is 1.44 bits per heavy atom. The Bertz CT molecular complexity index is 678. The molecule has 18 heavy (non-hydrogen) atoms. The standard InChI is InChI=1S/C8H4BrF4N3OS/c1-3-2-15-6(17)4(9)5(8(10,11)12)14-7(15)16(3)18-13/h2H,1H3. The molecule has 0 aliphatic heterocycles. The summed E-state index contributed by atoms with van der Waals surface area (Å²) in [4.78, 5) is 15.0. The highest BCUT2D eigenvalue weighted by Gasteiger charge is 2.37. The predicted molar refractivity (Wildman–Crippen MR) is 61.0 cm³/mol. The number of hydrogen-bond acceptors (Lipinski definition) is 3. The maximum absolute atomic E-state index is 12.6. The molecular formula is C8H4BrF4N3OS. The molecule has 0 aliphatic carbocycles. The van der Waals surface area contributed by atoms with Gasteiger partial charge in [0.15, 0.2) is 18.0 Å². The average Bonchev–Trinajstić information content (AvgIpc) is 2.58. The van der Waals surface area contributed by atoms with Crippen LogP contribution in [0.4, 0.5) is 17.1 Å². The van der Waals surface area contributed by atoms with E-state index in [0.717, 1.165) is 8.37 Å². The zero-order valence-electron chi connectivity index (χ0n) is 8.63. The third kappa shape index (κ3) is 1.92. The maximum Gasteiger partial charge on any atom is 0.434 e. The highest BCUT2D eigenvalue weighted by Crippen LogP contribution is 2.32. The van der Waals surface area contributed by atoms with Crippen LogP contribution in [0.15, 0.2) is 15.5 Å². The van der Waals surface area contributed by atoms with Crippen molar-refractivity contribution in [3.05, 3.63) is 32.4 Å². The summed E-state index contributed by atoms with van der Waals surface area (Å²) in [6.07, 6.45) is -3.58. The van der Waals surface area contributed by atoms with Gasteiger partial charge in [0.25, 0.3) is 5.56 Å². The summed E-state index contributed by atoms with van der Waals surface area (Å²) in [5.74, 6) is -0.416. The van der Waals surface area contributed by atoms with Gasteiger partial charge in [-0.15, -0.1) is 3.89 Å². The molecule has 0 aliphatic rings. The minimum absolute atomic E-state index is 0.262. The summed E-state index contributed by atoms with van der Waals surface area (Å²) in [7, 11) is 0. The summed E-state index contributed by atoms with van der Waals surface area (Å²) in [5, 5.41) is 0. The molecule has 98 valence electrons. The summed E-state index contributed by atoms with van der Waals surface area (Å²) in [5.41, 5.74) is -2.05. The monoisotopic (exact) mass is 345 g/mol. The first-order valence-electron chi connectivity index (χ1n) is 4.44. The number of nitrogens with zero attached hydrogens (tertiary/aromatic N) is 3. The molecule has 0 spiro atoms. The molecule has 2 aromatic heterocycles. The van der Waals surface area contributed by atoms with Gasteiger partial charge >= 0.3 is 6.18 Å². The summed E-state index contributed by atoms with van der Waals surface area (Å²) in [6.45, 7) is 1.45. The molecule has 0 saturated heterocycles. The number of fused-ring (bicyclic) bond motifs is 1. The van der Waals surface area contributed by atoms with E-state index < -0.39 is 27.7 Å². The molecule has 0 radical (unpaired) electrons. The van der Waals surface area contributed by atoms with Crippen molar-refractivity contribution < 1.29 is 17.1 Å². The minimum Gasteiger partial charge on any atom is -0.268 e. The third-order valence-corrected chi connectivity index (χ3v) is 3.50. The van der Waals surface area contributed by atoms with Crippen molar-refractivity contribution >= 4 is 34.0 Å². The first-order chi connectivity index (χ1) is 8.27. The first kappa shape index (κ1) is 13.4. The molecule has 2 heterocycles. The number of imidazole rings is 1. The van der Waals surface area contributed by atoms with Gasteiger partial charge in [0.05, 0.1) is 0 Å². The Balaban J connectivity index is 2.94. The van der Waals surface area contributed by atoms with E-state index in [1.54, 1.807) is 0 Å². The van der Waals surface area contributed by atoms with Gasteiger partial charge < -0.3 is 0 Å². The molecule has 10 heteroatoms. The van der Waals surface area contributed by atoms with E-state index >= 15 is 0 Å². The molecular weight excluding hydrogens is 342 g/mol. The predicted octanol–water partition coefficient (Wildman–Crippen LogP) is 2.97. The molecule has 0 saturated carbocycles. The van der Waals surface area contributed by atoms with E-state index in [1.165, 1.54) is 13.1 Å². The lowest BCUT2D eigenvalue weighted by Crippen LogP contribution is -2.22. The van der Waals surface area contributed by atoms with E-state index in [1.807, 2.05) is 0 Å². The topological polar surface area (TPSA) is 39.3 Å². The lowest BCUT2D eigenvalue weighted by Gasteiger charge is -2.08. The van der Waals surface area contributed by atoms with Crippen molar-refractivity contribution in [1.29, 1.82) is 0 Å². The van der Waals surface area contributed by atoms with Crippen LogP contribution < -0.4 is 5.56 Å². The third-order valence-electron chi connectivity index (χ3n) is 2.20.